The number of carboxylic acids is 1. The smallest absolute Gasteiger partial charge is 0.320 e. The van der Waals surface area contributed by atoms with E-state index < -0.39 is 17.8 Å². The Balaban J connectivity index is 3.13. The van der Waals surface area contributed by atoms with Crippen molar-refractivity contribution in [3.8, 4) is 0 Å². The monoisotopic (exact) mass is 239 g/mol. The van der Waals surface area contributed by atoms with Crippen LogP contribution in [0.25, 0.3) is 0 Å². The molecule has 1 rings (SSSR count). The van der Waals surface area contributed by atoms with Crippen LogP contribution in [0.2, 0.25) is 0 Å². The molecule has 0 amide bonds. The van der Waals surface area contributed by atoms with Crippen molar-refractivity contribution in [2.45, 2.75) is 12.5 Å². The molecule has 0 bridgehead atoms. The van der Waals surface area contributed by atoms with E-state index in [1.54, 1.807) is 0 Å². The number of aliphatic carboxylic acids is 1. The zero-order chi connectivity index (χ0) is 13.0. The average Bonchev–Trinajstić information content (AvgIpc) is 2.30. The zero-order valence-electron chi connectivity index (χ0n) is 8.72. The van der Waals surface area contributed by atoms with Gasteiger partial charge in [-0.15, -0.1) is 0 Å². The lowest BCUT2D eigenvalue weighted by Gasteiger charge is -2.08. The number of hydrogen-bond acceptors (Lipinski definition) is 4. The topological polar surface area (TPSA) is 97.5 Å². The minimum absolute atomic E-state index is 0.0860. The van der Waals surface area contributed by atoms with Crippen molar-refractivity contribution < 1.29 is 23.9 Å². The van der Waals surface area contributed by atoms with Gasteiger partial charge >= 0.3 is 5.97 Å². The van der Waals surface area contributed by atoms with Gasteiger partial charge in [0.25, 0.3) is 0 Å². The van der Waals surface area contributed by atoms with Gasteiger partial charge in [-0.1, -0.05) is 0 Å². The van der Waals surface area contributed by atoms with E-state index in [0.29, 0.717) is 5.56 Å². The molecule has 0 spiro atoms. The molecule has 6 heteroatoms. The second-order valence-corrected chi connectivity index (χ2v) is 3.47. The van der Waals surface area contributed by atoms with Crippen molar-refractivity contribution in [1.82, 2.24) is 0 Å². The van der Waals surface area contributed by atoms with Gasteiger partial charge in [-0.2, -0.15) is 0 Å². The summed E-state index contributed by atoms with van der Waals surface area (Å²) in [4.78, 5) is 31.7. The fourth-order valence-electron chi connectivity index (χ4n) is 1.37. The third kappa shape index (κ3) is 2.94. The Morgan fingerprint density at radius 1 is 1.35 bits per heavy atom. The maximum Gasteiger partial charge on any atom is 0.320 e. The van der Waals surface area contributed by atoms with E-state index in [-0.39, 0.29) is 30.1 Å². The predicted molar refractivity (Wildman–Crippen MR) is 56.5 cm³/mol. The molecule has 0 heterocycles. The van der Waals surface area contributed by atoms with Gasteiger partial charge in [0.1, 0.15) is 11.9 Å². The molecule has 0 saturated carbocycles. The quantitative estimate of drug-likeness (QED) is 0.725. The lowest BCUT2D eigenvalue weighted by atomic mass is 10.0. The number of benzene rings is 1. The van der Waals surface area contributed by atoms with Crippen LogP contribution in [0.1, 0.15) is 26.3 Å². The number of rotatable bonds is 5. The first-order valence-corrected chi connectivity index (χ1v) is 4.70. The molecule has 0 aliphatic rings. The van der Waals surface area contributed by atoms with Gasteiger partial charge < -0.3 is 10.8 Å². The van der Waals surface area contributed by atoms with E-state index in [4.69, 9.17) is 10.8 Å². The van der Waals surface area contributed by atoms with Crippen LogP contribution in [0.3, 0.4) is 0 Å². The highest BCUT2D eigenvalue weighted by Gasteiger charge is 2.15. The number of aldehydes is 2. The third-order valence-corrected chi connectivity index (χ3v) is 2.22. The Hall–Kier alpha value is -2.08. The predicted octanol–water partition coefficient (Wildman–Crippen LogP) is 0.405. The molecule has 0 aliphatic heterocycles. The van der Waals surface area contributed by atoms with Gasteiger partial charge in [0, 0.05) is 0 Å². The Kier molecular flexibility index (Phi) is 4.06. The van der Waals surface area contributed by atoms with Crippen molar-refractivity contribution >= 4 is 18.5 Å². The van der Waals surface area contributed by atoms with Crippen molar-refractivity contribution in [2.24, 2.45) is 5.73 Å². The Morgan fingerprint density at radius 2 is 1.82 bits per heavy atom. The molecule has 0 fully saturated rings. The molecule has 0 aromatic heterocycles. The summed E-state index contributed by atoms with van der Waals surface area (Å²) in [5, 5.41) is 8.61. The summed E-state index contributed by atoms with van der Waals surface area (Å²) in [5.74, 6) is -2.13. The molecule has 5 nitrogen and oxygen atoms in total. The molecule has 0 saturated heterocycles. The van der Waals surface area contributed by atoms with E-state index >= 15 is 0 Å². The highest BCUT2D eigenvalue weighted by atomic mass is 19.1. The second kappa shape index (κ2) is 5.31. The highest BCUT2D eigenvalue weighted by molar-refractivity contribution is 5.83. The Labute approximate surface area is 96.0 Å². The number of halogens is 1. The minimum atomic E-state index is -1.21. The first-order valence-electron chi connectivity index (χ1n) is 4.70. The molecular formula is C11H10FNO4. The van der Waals surface area contributed by atoms with E-state index in [0.717, 1.165) is 0 Å². The van der Waals surface area contributed by atoms with E-state index in [1.807, 2.05) is 0 Å². The van der Waals surface area contributed by atoms with Crippen molar-refractivity contribution in [1.29, 1.82) is 0 Å². The molecule has 1 atom stereocenters. The first-order chi connectivity index (χ1) is 7.99. The maximum atomic E-state index is 13.3. The van der Waals surface area contributed by atoms with Crippen LogP contribution in [0.5, 0.6) is 0 Å². The largest absolute Gasteiger partial charge is 0.480 e. The lowest BCUT2D eigenvalue weighted by molar-refractivity contribution is -0.138. The van der Waals surface area contributed by atoms with Crippen LogP contribution in [0.15, 0.2) is 12.1 Å². The first kappa shape index (κ1) is 13.0. The summed E-state index contributed by atoms with van der Waals surface area (Å²) >= 11 is 0. The maximum absolute atomic E-state index is 13.3. The van der Waals surface area contributed by atoms with Crippen molar-refractivity contribution in [2.75, 3.05) is 0 Å². The molecule has 90 valence electrons. The van der Waals surface area contributed by atoms with Crippen LogP contribution in [0.4, 0.5) is 4.39 Å². The van der Waals surface area contributed by atoms with Crippen molar-refractivity contribution in [3.63, 3.8) is 0 Å². The van der Waals surface area contributed by atoms with E-state index in [2.05, 4.69) is 0 Å². The summed E-state index contributed by atoms with van der Waals surface area (Å²) in [5.41, 5.74) is 5.04. The molecular weight excluding hydrogens is 229 g/mol. The van der Waals surface area contributed by atoms with Gasteiger partial charge in [0.05, 0.1) is 11.1 Å². The van der Waals surface area contributed by atoms with Crippen LogP contribution in [0, 0.1) is 5.82 Å². The summed E-state index contributed by atoms with van der Waals surface area (Å²) in [6.07, 6.45) is 0.438. The highest BCUT2D eigenvalue weighted by Crippen LogP contribution is 2.15. The second-order valence-electron chi connectivity index (χ2n) is 3.47. The molecule has 0 aliphatic carbocycles. The molecule has 0 unspecified atom stereocenters. The van der Waals surface area contributed by atoms with Gasteiger partial charge in [0.15, 0.2) is 12.6 Å². The molecule has 17 heavy (non-hydrogen) atoms. The Morgan fingerprint density at radius 3 is 2.18 bits per heavy atom. The van der Waals surface area contributed by atoms with Crippen LogP contribution in [-0.2, 0) is 11.2 Å². The van der Waals surface area contributed by atoms with E-state index in [1.165, 1.54) is 12.1 Å². The minimum Gasteiger partial charge on any atom is -0.480 e. The van der Waals surface area contributed by atoms with Crippen LogP contribution < -0.4 is 5.73 Å². The molecule has 0 radical (unpaired) electrons. The lowest BCUT2D eigenvalue weighted by Crippen LogP contribution is -2.32. The fraction of sp³-hybridized carbons (Fsp3) is 0.182. The molecule has 1 aromatic rings. The van der Waals surface area contributed by atoms with Gasteiger partial charge in [-0.05, 0) is 24.1 Å². The third-order valence-electron chi connectivity index (χ3n) is 2.22. The number of nitrogens with two attached hydrogens (primary N) is 1. The molecule has 1 aromatic carbocycles. The number of carbonyl (C=O) groups is 3. The number of carboxylic acid groups (broad SMARTS) is 1. The number of carbonyl (C=O) groups excluding carboxylic acids is 2. The van der Waals surface area contributed by atoms with Crippen molar-refractivity contribution in [3.05, 3.63) is 34.6 Å². The van der Waals surface area contributed by atoms with Crippen LogP contribution >= 0.6 is 0 Å². The number of hydrogen-bond donors (Lipinski definition) is 2. The Bertz CT molecular complexity index is 444. The van der Waals surface area contributed by atoms with Gasteiger partial charge in [0.2, 0.25) is 0 Å². The summed E-state index contributed by atoms with van der Waals surface area (Å²) in [7, 11) is 0. The fourth-order valence-corrected chi connectivity index (χ4v) is 1.37. The zero-order valence-corrected chi connectivity index (χ0v) is 8.72. The summed E-state index contributed by atoms with van der Waals surface area (Å²) in [6, 6.07) is 1.19. The summed E-state index contributed by atoms with van der Waals surface area (Å²) < 4.78 is 13.3. The molecule has 3 N–H and O–H groups in total. The van der Waals surface area contributed by atoms with Gasteiger partial charge in [-0.25, -0.2) is 4.39 Å². The summed E-state index contributed by atoms with van der Waals surface area (Å²) in [6.45, 7) is 0. The average molecular weight is 239 g/mol. The normalized spacial score (nSPS) is 11.9. The SMILES string of the molecule is N[C@@H](Cc1cc(C=O)c(F)c(C=O)c1)C(=O)O. The van der Waals surface area contributed by atoms with E-state index in [9.17, 15) is 18.8 Å². The van der Waals surface area contributed by atoms with Crippen LogP contribution in [-0.4, -0.2) is 29.7 Å². The van der Waals surface area contributed by atoms with Gasteiger partial charge in [-0.3, -0.25) is 14.4 Å². The standard InChI is InChI=1S/C11H10FNO4/c12-10-7(4-14)1-6(2-8(10)5-15)3-9(13)11(16)17/h1-2,4-5,9H,3,13H2,(H,16,17)/t9-/m0/s1.